The Bertz CT molecular complexity index is 4890. The van der Waals surface area contributed by atoms with E-state index in [0.717, 1.165) is 174 Å². The smallest absolute Gasteiger partial charge is 0.312 e. The molecule has 26 rings (SSSR count). The van der Waals surface area contributed by atoms with Gasteiger partial charge in [-0.15, -0.1) is 0 Å². The summed E-state index contributed by atoms with van der Waals surface area (Å²) in [5, 5.41) is 0. The van der Waals surface area contributed by atoms with Crippen molar-refractivity contribution in [2.24, 2.45) is 244 Å². The van der Waals surface area contributed by atoms with Gasteiger partial charge in [0, 0.05) is 33.5 Å². The van der Waals surface area contributed by atoms with Crippen molar-refractivity contribution in [2.75, 3.05) is 39.6 Å². The van der Waals surface area contributed by atoms with Crippen LogP contribution in [-0.2, 0) is 114 Å². The Balaban J connectivity index is 0.000000100. The molecule has 140 heavy (non-hydrogen) atoms. The molecule has 0 amide bonds. The van der Waals surface area contributed by atoms with Crippen molar-refractivity contribution in [3.05, 3.63) is 0 Å². The van der Waals surface area contributed by atoms with Crippen molar-refractivity contribution >= 4 is 71.6 Å². The van der Waals surface area contributed by atoms with Crippen LogP contribution in [-0.4, -0.2) is 148 Å². The van der Waals surface area contributed by atoms with Crippen LogP contribution < -0.4 is 0 Å². The maximum absolute atomic E-state index is 12.7. The van der Waals surface area contributed by atoms with E-state index < -0.39 is 10.8 Å². The minimum absolute atomic E-state index is 0.0000652. The molecule has 0 aromatic heterocycles. The molecule has 44 atom stereocenters. The first-order valence-corrected chi connectivity index (χ1v) is 56.6. The molecule has 0 aromatic carbocycles. The summed E-state index contributed by atoms with van der Waals surface area (Å²) < 4.78 is 67.8. The van der Waals surface area contributed by atoms with Crippen LogP contribution in [0.15, 0.2) is 0 Å². The quantitative estimate of drug-likeness (QED) is 0.0699. The fraction of sp³-hybridized carbons (Fsp3) is 0.897. The third kappa shape index (κ3) is 15.8. The zero-order valence-electron chi connectivity index (χ0n) is 87.6. The minimum atomic E-state index is -0.453. The zero-order chi connectivity index (χ0) is 99.2. The van der Waals surface area contributed by atoms with Crippen molar-refractivity contribution in [3.8, 4) is 0 Å². The predicted molar refractivity (Wildman–Crippen MR) is 511 cm³/mol. The lowest BCUT2D eigenvalue weighted by atomic mass is 9.58. The second kappa shape index (κ2) is 35.7. The molecule has 6 saturated heterocycles. The Hall–Kier alpha value is -6.36. The maximum atomic E-state index is 12.7. The molecule has 24 nitrogen and oxygen atoms in total. The lowest BCUT2D eigenvalue weighted by molar-refractivity contribution is -0.173. The molecule has 20 saturated carbocycles. The first-order chi connectivity index (χ1) is 66.4. The number of hydrogen-bond acceptors (Lipinski definition) is 24. The molecule has 0 aromatic rings. The third-order valence-electron chi connectivity index (χ3n) is 47.2. The molecule has 776 valence electrons. The minimum Gasteiger partial charge on any atom is -0.465 e. The van der Waals surface area contributed by atoms with Gasteiger partial charge in [-0.25, -0.2) is 0 Å². The van der Waals surface area contributed by atoms with E-state index in [1.165, 1.54) is 70.6 Å². The average molecular weight is 1950 g/mol. The van der Waals surface area contributed by atoms with Crippen LogP contribution in [0.3, 0.4) is 0 Å². The van der Waals surface area contributed by atoms with Crippen molar-refractivity contribution in [3.63, 3.8) is 0 Å². The highest BCUT2D eigenvalue weighted by molar-refractivity contribution is 5.83. The van der Waals surface area contributed by atoms with E-state index in [2.05, 4.69) is 34.6 Å². The Labute approximate surface area is 831 Å². The standard InChI is InChI=1S/C22H32O4.2C21H30O4.C20H28O4.C17H26O4.C15H22O4/c1-5-21(3,4)20(24)26-19-11(2)13-7-14(19)18-15-6-12(17(13)18)8-22(15)9-16(23)25-10-22;1-4-20(2,3)19(23)25-15-7-11-5-13(15)17-12-6-14(18(11)17)21(8-12)9-16(22)24-10-21;1-4-20(2,3)19(23)25-15-7-11-5-13(15)18-14-6-12(17(11)18)8-21(14)9-16(22)24-10-21;1-3-10(2)19(22)24-15-6-11-4-13(15)18-14-5-12(17(11)18)7-20(14)8-16(21)23-9-20;1-5-16(3,4)14(18)21-13-10(2)11-8-12(13)17(9-11)6-7-20-15(17)19;1-3-9(2)13(16)19-12-7-10-6-11(12)15(8-10)4-5-18-14(15)17/h11-15,17-19H,5-10H2,1-4H3;2*11-15,17-18H,4-10H2,1-3H3;10-15,17-18H,3-9H2,1-2H3;10-13H,5-9H2,1-4H3;9-12H,3-8H2,1-2H3. The van der Waals surface area contributed by atoms with Gasteiger partial charge in [0.15, 0.2) is 0 Å². The maximum Gasteiger partial charge on any atom is 0.312 e. The molecule has 26 fully saturated rings. The van der Waals surface area contributed by atoms with Crippen LogP contribution in [0.1, 0.15) is 330 Å². The Morgan fingerprint density at radius 2 is 0.657 bits per heavy atom. The number of hydrogen-bond donors (Lipinski definition) is 0. The van der Waals surface area contributed by atoms with Crippen LogP contribution in [0.2, 0.25) is 0 Å². The third-order valence-corrected chi connectivity index (χ3v) is 47.2. The van der Waals surface area contributed by atoms with Gasteiger partial charge in [-0.2, -0.15) is 0 Å². The second-order valence-corrected chi connectivity index (χ2v) is 54.8. The van der Waals surface area contributed by atoms with E-state index in [1.54, 1.807) is 0 Å². The predicted octanol–water partition coefficient (Wildman–Crippen LogP) is 19.4. The van der Waals surface area contributed by atoms with Crippen molar-refractivity contribution in [1.82, 2.24) is 0 Å². The summed E-state index contributed by atoms with van der Waals surface area (Å²) in [5.74, 6) is 18.3. The van der Waals surface area contributed by atoms with Crippen LogP contribution in [0.5, 0.6) is 0 Å². The highest BCUT2D eigenvalue weighted by Gasteiger charge is 2.77. The molecule has 6 heterocycles. The second-order valence-electron chi connectivity index (χ2n) is 54.8. The molecular weight excluding hydrogens is 1780 g/mol. The summed E-state index contributed by atoms with van der Waals surface area (Å²) in [6.07, 6.45) is 32.1. The van der Waals surface area contributed by atoms with Gasteiger partial charge in [0.2, 0.25) is 0 Å². The topological polar surface area (TPSA) is 316 Å². The molecule has 44 unspecified atom stereocenters. The number of carbonyl (C=O) groups excluding carboxylic acids is 12. The van der Waals surface area contributed by atoms with E-state index in [1.807, 2.05) is 90.0 Å². The zero-order valence-corrected chi connectivity index (χ0v) is 87.6. The van der Waals surface area contributed by atoms with Gasteiger partial charge in [-0.1, -0.05) is 69.2 Å². The molecule has 24 heteroatoms. The lowest BCUT2D eigenvalue weighted by Gasteiger charge is -2.47. The number of cyclic esters (lactones) is 6. The first kappa shape index (κ1) is 99.6. The van der Waals surface area contributed by atoms with E-state index in [-0.39, 0.29) is 175 Å². The van der Waals surface area contributed by atoms with Crippen LogP contribution in [0, 0.1) is 244 Å². The van der Waals surface area contributed by atoms with E-state index in [0.29, 0.717) is 166 Å². The number of fused-ring (bicyclic) bond motifs is 46. The number of esters is 12. The van der Waals surface area contributed by atoms with E-state index in [9.17, 15) is 57.5 Å². The molecule has 0 radical (unpaired) electrons. The van der Waals surface area contributed by atoms with Crippen LogP contribution in [0.25, 0.3) is 0 Å². The molecule has 6 aliphatic heterocycles. The fourth-order valence-corrected chi connectivity index (χ4v) is 38.6. The van der Waals surface area contributed by atoms with Gasteiger partial charge in [-0.05, 0) is 401 Å². The molecule has 20 bridgehead atoms. The lowest BCUT2D eigenvalue weighted by Crippen LogP contribution is -2.48. The summed E-state index contributed by atoms with van der Waals surface area (Å²) in [6, 6.07) is 0. The first-order valence-electron chi connectivity index (χ1n) is 56.6. The van der Waals surface area contributed by atoms with Gasteiger partial charge in [0.05, 0.1) is 110 Å². The number of rotatable bonds is 18. The summed E-state index contributed by atoms with van der Waals surface area (Å²) in [5.41, 5.74) is -1.80. The average Bonchev–Trinajstić information content (AvgIpc) is 1.46. The van der Waals surface area contributed by atoms with Crippen molar-refractivity contribution in [2.45, 2.75) is 367 Å². The molecule has 0 N–H and O–H groups in total. The normalized spacial score (nSPS) is 48.0. The molecule has 6 spiro atoms. The molecule has 20 aliphatic carbocycles. The Kier molecular flexibility index (Phi) is 25.4. The highest BCUT2D eigenvalue weighted by Crippen LogP contribution is 2.79. The van der Waals surface area contributed by atoms with E-state index >= 15 is 0 Å². The summed E-state index contributed by atoms with van der Waals surface area (Å²) >= 11 is 0. The highest BCUT2D eigenvalue weighted by atomic mass is 16.6. The van der Waals surface area contributed by atoms with Crippen LogP contribution >= 0.6 is 0 Å². The number of carbonyl (C=O) groups is 12. The van der Waals surface area contributed by atoms with Gasteiger partial charge in [0.1, 0.15) is 36.6 Å². The molecular formula is C116H168O24. The van der Waals surface area contributed by atoms with Gasteiger partial charge < -0.3 is 56.8 Å². The van der Waals surface area contributed by atoms with Crippen molar-refractivity contribution < 1.29 is 114 Å². The number of ether oxygens (including phenoxy) is 12. The van der Waals surface area contributed by atoms with Crippen LogP contribution in [0.4, 0.5) is 0 Å². The Morgan fingerprint density at radius 3 is 1.03 bits per heavy atom. The van der Waals surface area contributed by atoms with Gasteiger partial charge in [-0.3, -0.25) is 57.5 Å². The summed E-state index contributed by atoms with van der Waals surface area (Å²) in [7, 11) is 0. The fourth-order valence-electron chi connectivity index (χ4n) is 38.6. The summed E-state index contributed by atoms with van der Waals surface area (Å²) in [6.45, 7) is 39.9. The van der Waals surface area contributed by atoms with Gasteiger partial charge >= 0.3 is 71.6 Å². The van der Waals surface area contributed by atoms with E-state index in [4.69, 9.17) is 56.8 Å². The SMILES string of the molecule is CCC(C)(C)C(=O)OC1C(C)C2CC1C1(CCOC1=O)C2.CCC(C)(C)C(=O)OC1C(C)C2CC1C1C2C2CC1C1(COC(=O)C1)C2.CCC(C)(C)C(=O)OC1CC2CC1C1C2C2CC1C1(COC(=O)C1)C2.CCC(C)(C)C(=O)OC1CC2CC1C1C3CC(C21)C1(COC(=O)C1)C3.CCC(C)C(=O)OC1CC2CC1C1(CCOC1=O)C2.CCC(C)C(=O)OC1CC2CC1C1C2C2CC1C1(COC(=O)C1)C2. The Morgan fingerprint density at radius 1 is 0.314 bits per heavy atom. The summed E-state index contributed by atoms with van der Waals surface area (Å²) in [4.78, 5) is 146. The van der Waals surface area contributed by atoms with Crippen molar-refractivity contribution in [1.29, 1.82) is 0 Å². The molecule has 26 aliphatic rings. The largest absolute Gasteiger partial charge is 0.465 e. The monoisotopic (exact) mass is 1950 g/mol. The van der Waals surface area contributed by atoms with Gasteiger partial charge in [0.25, 0.3) is 0 Å².